The van der Waals surface area contributed by atoms with Crippen molar-refractivity contribution in [2.75, 3.05) is 26.2 Å². The maximum absolute atomic E-state index is 13.5. The number of carbonyl (C=O) groups is 3. The molecule has 32 heavy (non-hydrogen) atoms. The second-order valence-corrected chi connectivity index (χ2v) is 10.4. The average molecular weight is 448 g/mol. The third-order valence-corrected chi connectivity index (χ3v) is 6.78. The molecule has 0 spiro atoms. The number of hydrogen-bond acceptors (Lipinski definition) is 5. The predicted octanol–water partition coefficient (Wildman–Crippen LogP) is 2.75. The lowest BCUT2D eigenvalue weighted by molar-refractivity contribution is -0.157. The molecule has 3 aliphatic rings. The summed E-state index contributed by atoms with van der Waals surface area (Å²) < 4.78 is 5.63. The van der Waals surface area contributed by atoms with Crippen LogP contribution in [0, 0.1) is 17.8 Å². The Morgan fingerprint density at radius 2 is 1.72 bits per heavy atom. The number of hydrogen-bond donors (Lipinski definition) is 1. The quantitative estimate of drug-likeness (QED) is 0.457. The van der Waals surface area contributed by atoms with Crippen LogP contribution < -0.4 is 5.32 Å². The molecule has 0 saturated carbocycles. The van der Waals surface area contributed by atoms with Crippen molar-refractivity contribution in [3.05, 3.63) is 12.2 Å². The maximum Gasteiger partial charge on any atom is 0.309 e. The van der Waals surface area contributed by atoms with Crippen molar-refractivity contribution in [1.29, 1.82) is 0 Å². The fourth-order valence-electron chi connectivity index (χ4n) is 5.03. The Morgan fingerprint density at radius 3 is 2.31 bits per heavy atom. The molecule has 2 saturated heterocycles. The summed E-state index contributed by atoms with van der Waals surface area (Å²) in [6.07, 6.45) is 8.39. The molecule has 2 fully saturated rings. The fourth-order valence-corrected chi connectivity index (χ4v) is 5.03. The minimum atomic E-state index is -0.424. The van der Waals surface area contributed by atoms with Crippen LogP contribution in [0.15, 0.2) is 12.2 Å². The molecule has 2 unspecified atom stereocenters. The van der Waals surface area contributed by atoms with E-state index in [-0.39, 0.29) is 35.8 Å². The second-order valence-electron chi connectivity index (χ2n) is 10.4. The van der Waals surface area contributed by atoms with Crippen LogP contribution in [0.3, 0.4) is 0 Å². The summed E-state index contributed by atoms with van der Waals surface area (Å²) in [7, 11) is 0. The Kier molecular flexibility index (Phi) is 8.74. The monoisotopic (exact) mass is 447 g/mol. The lowest BCUT2D eigenvalue weighted by atomic mass is 9.93. The number of piperidine rings is 1. The highest BCUT2D eigenvalue weighted by atomic mass is 16.5. The minimum absolute atomic E-state index is 0.0184. The number of ether oxygens (including phenoxy) is 1. The van der Waals surface area contributed by atoms with E-state index >= 15 is 0 Å². The third kappa shape index (κ3) is 6.33. The Hall–Kier alpha value is -1.89. The van der Waals surface area contributed by atoms with E-state index in [2.05, 4.69) is 45.2 Å². The van der Waals surface area contributed by atoms with Gasteiger partial charge in [-0.25, -0.2) is 0 Å². The molecule has 1 aliphatic carbocycles. The second kappa shape index (κ2) is 11.3. The molecule has 0 radical (unpaired) electrons. The van der Waals surface area contributed by atoms with Crippen LogP contribution in [0.2, 0.25) is 0 Å². The number of carbonyl (C=O) groups excluding carboxylic acids is 3. The number of nitrogens with one attached hydrogen (secondary N) is 1. The molecule has 3 rings (SSSR count). The van der Waals surface area contributed by atoms with E-state index in [4.69, 9.17) is 4.74 Å². The van der Waals surface area contributed by atoms with E-state index in [0.717, 1.165) is 25.8 Å². The van der Waals surface area contributed by atoms with Gasteiger partial charge in [-0.2, -0.15) is 0 Å². The first-order valence-electron chi connectivity index (χ1n) is 12.4. The van der Waals surface area contributed by atoms with E-state index in [1.807, 2.05) is 9.80 Å². The van der Waals surface area contributed by atoms with Gasteiger partial charge in [-0.05, 0) is 37.5 Å². The SMILES string of the molecule is CC(C)CC1NCCN(C(CC(C)C)C(=O)N2CCC(C(=O)OC3CC=CC3)CC2)C1=O. The molecule has 0 aromatic carbocycles. The van der Waals surface area contributed by atoms with Gasteiger partial charge >= 0.3 is 5.97 Å². The molecule has 2 amide bonds. The summed E-state index contributed by atoms with van der Waals surface area (Å²) in [4.78, 5) is 42.9. The third-order valence-electron chi connectivity index (χ3n) is 6.78. The molecule has 2 atom stereocenters. The summed E-state index contributed by atoms with van der Waals surface area (Å²) >= 11 is 0. The molecule has 2 aliphatic heterocycles. The lowest BCUT2D eigenvalue weighted by Gasteiger charge is -2.42. The van der Waals surface area contributed by atoms with Crippen LogP contribution >= 0.6 is 0 Å². The Bertz CT molecular complexity index is 689. The number of likely N-dealkylation sites (tertiary alicyclic amines) is 1. The van der Waals surface area contributed by atoms with Gasteiger partial charge in [-0.15, -0.1) is 0 Å². The number of piperazine rings is 1. The van der Waals surface area contributed by atoms with Gasteiger partial charge in [0.1, 0.15) is 12.1 Å². The van der Waals surface area contributed by atoms with Crippen molar-refractivity contribution in [2.45, 2.75) is 84.4 Å². The molecule has 0 aromatic rings. The molecular weight excluding hydrogens is 406 g/mol. The van der Waals surface area contributed by atoms with E-state index in [1.165, 1.54) is 0 Å². The predicted molar refractivity (Wildman–Crippen MR) is 124 cm³/mol. The van der Waals surface area contributed by atoms with Gasteiger partial charge in [0.15, 0.2) is 0 Å². The summed E-state index contributed by atoms with van der Waals surface area (Å²) in [5.41, 5.74) is 0. The summed E-state index contributed by atoms with van der Waals surface area (Å²) in [5, 5.41) is 3.33. The topological polar surface area (TPSA) is 79.0 Å². The van der Waals surface area contributed by atoms with Crippen LogP contribution in [0.25, 0.3) is 0 Å². The van der Waals surface area contributed by atoms with Crippen LogP contribution in [0.5, 0.6) is 0 Å². The highest BCUT2D eigenvalue weighted by Crippen LogP contribution is 2.25. The molecule has 180 valence electrons. The highest BCUT2D eigenvalue weighted by molar-refractivity contribution is 5.90. The largest absolute Gasteiger partial charge is 0.461 e. The number of rotatable bonds is 8. The van der Waals surface area contributed by atoms with Crippen molar-refractivity contribution >= 4 is 17.8 Å². The van der Waals surface area contributed by atoms with Crippen LogP contribution in [0.1, 0.15) is 66.2 Å². The summed E-state index contributed by atoms with van der Waals surface area (Å²) in [5.74, 6) is 0.534. The van der Waals surface area contributed by atoms with Crippen LogP contribution in [-0.4, -0.2) is 72.0 Å². The van der Waals surface area contributed by atoms with Crippen LogP contribution in [0.4, 0.5) is 0 Å². The summed E-state index contributed by atoms with van der Waals surface area (Å²) in [6.45, 7) is 10.8. The Morgan fingerprint density at radius 1 is 1.06 bits per heavy atom. The molecule has 2 heterocycles. The van der Waals surface area contributed by atoms with Gasteiger partial charge in [0.2, 0.25) is 11.8 Å². The number of nitrogens with zero attached hydrogens (tertiary/aromatic N) is 2. The molecule has 0 aromatic heterocycles. The van der Waals surface area contributed by atoms with Crippen molar-refractivity contribution in [3.8, 4) is 0 Å². The van der Waals surface area contributed by atoms with Crippen molar-refractivity contribution < 1.29 is 19.1 Å². The zero-order valence-electron chi connectivity index (χ0n) is 20.2. The van der Waals surface area contributed by atoms with E-state index in [0.29, 0.717) is 50.7 Å². The molecule has 0 bridgehead atoms. The van der Waals surface area contributed by atoms with Gasteiger partial charge in [-0.3, -0.25) is 14.4 Å². The number of esters is 1. The van der Waals surface area contributed by atoms with Gasteiger partial charge < -0.3 is 19.9 Å². The normalized spacial score (nSPS) is 23.9. The van der Waals surface area contributed by atoms with Crippen molar-refractivity contribution in [3.63, 3.8) is 0 Å². The van der Waals surface area contributed by atoms with Crippen LogP contribution in [-0.2, 0) is 19.1 Å². The van der Waals surface area contributed by atoms with Gasteiger partial charge in [0.25, 0.3) is 0 Å². The zero-order valence-corrected chi connectivity index (χ0v) is 20.2. The van der Waals surface area contributed by atoms with E-state index in [1.54, 1.807) is 0 Å². The van der Waals surface area contributed by atoms with E-state index in [9.17, 15) is 14.4 Å². The first-order chi connectivity index (χ1) is 15.3. The molecule has 7 nitrogen and oxygen atoms in total. The lowest BCUT2D eigenvalue weighted by Crippen LogP contribution is -2.62. The highest BCUT2D eigenvalue weighted by Gasteiger charge is 2.39. The Balaban J connectivity index is 1.60. The molecule has 7 heteroatoms. The Labute approximate surface area is 192 Å². The van der Waals surface area contributed by atoms with Crippen molar-refractivity contribution in [2.24, 2.45) is 17.8 Å². The zero-order chi connectivity index (χ0) is 23.3. The fraction of sp³-hybridized carbons (Fsp3) is 0.800. The summed E-state index contributed by atoms with van der Waals surface area (Å²) in [6, 6.07) is -0.635. The molecule has 1 N–H and O–H groups in total. The van der Waals surface area contributed by atoms with Gasteiger partial charge in [-0.1, -0.05) is 39.8 Å². The minimum Gasteiger partial charge on any atom is -0.461 e. The van der Waals surface area contributed by atoms with Gasteiger partial charge in [0.05, 0.1) is 12.0 Å². The standard InChI is InChI=1S/C25H41N3O4/c1-17(2)15-21-23(29)28(14-11-26-21)22(16-18(3)4)24(30)27-12-9-19(10-13-27)25(31)32-20-7-5-6-8-20/h5-6,17-22,26H,7-16H2,1-4H3. The first kappa shape index (κ1) is 24.7. The smallest absolute Gasteiger partial charge is 0.309 e. The maximum atomic E-state index is 13.5. The first-order valence-corrected chi connectivity index (χ1v) is 12.4. The average Bonchev–Trinajstić information content (AvgIpc) is 3.26. The number of amides is 2. The molecular formula is C25H41N3O4. The van der Waals surface area contributed by atoms with Gasteiger partial charge in [0, 0.05) is 39.0 Å². The van der Waals surface area contributed by atoms with E-state index < -0.39 is 6.04 Å². The van der Waals surface area contributed by atoms with Crippen molar-refractivity contribution in [1.82, 2.24) is 15.1 Å².